The molecule has 9 nitrogen and oxygen atoms in total. The van der Waals surface area contributed by atoms with Crippen molar-refractivity contribution in [2.75, 3.05) is 6.26 Å². The smallest absolute Gasteiger partial charge is 0.274 e. The number of imide groups is 1. The van der Waals surface area contributed by atoms with Crippen molar-refractivity contribution < 1.29 is 27.1 Å². The van der Waals surface area contributed by atoms with E-state index in [4.69, 9.17) is 4.74 Å². The number of amides is 2. The van der Waals surface area contributed by atoms with Gasteiger partial charge < -0.3 is 14.3 Å². The Kier molecular flexibility index (Phi) is 6.39. The van der Waals surface area contributed by atoms with Gasteiger partial charge in [0, 0.05) is 54.2 Å². The molecule has 0 spiro atoms. The molecule has 4 aromatic rings. The molecule has 1 saturated heterocycles. The van der Waals surface area contributed by atoms with Crippen LogP contribution in [0.5, 0.6) is 5.75 Å². The monoisotopic (exact) mass is 537 g/mol. The van der Waals surface area contributed by atoms with E-state index in [-0.39, 0.29) is 41.4 Å². The second-order valence-electron chi connectivity index (χ2n) is 9.30. The summed E-state index contributed by atoms with van der Waals surface area (Å²) >= 11 is 0. The van der Waals surface area contributed by atoms with Gasteiger partial charge in [-0.1, -0.05) is 12.1 Å². The molecule has 0 bridgehead atoms. The first-order valence-electron chi connectivity index (χ1n) is 11.8. The number of sulfone groups is 1. The molecule has 2 aromatic carbocycles. The lowest BCUT2D eigenvalue weighted by atomic mass is 9.89. The van der Waals surface area contributed by atoms with E-state index in [1.807, 2.05) is 0 Å². The van der Waals surface area contributed by atoms with Crippen LogP contribution in [0.1, 0.15) is 29.9 Å². The number of hydrogen-bond acceptors (Lipinski definition) is 6. The number of carbonyl (C=O) groups excluding carboxylic acids is 2. The predicted molar refractivity (Wildman–Crippen MR) is 138 cm³/mol. The van der Waals surface area contributed by atoms with Gasteiger partial charge in [0.05, 0.1) is 10.8 Å². The maximum absolute atomic E-state index is 15.0. The SMILES string of the molecule is Cn1cc(-c2cc(S(C)(=O)=O)ccc2OCc2ccc(C3CCC(=O)NC3=O)c(F)c2)c2cc[nH]c2c1=O. The lowest BCUT2D eigenvalue weighted by Gasteiger charge is -2.21. The third-order valence-corrected chi connectivity index (χ3v) is 7.75. The number of pyridine rings is 1. The van der Waals surface area contributed by atoms with Crippen LogP contribution < -0.4 is 15.6 Å². The Morgan fingerprint density at radius 3 is 2.58 bits per heavy atom. The fourth-order valence-corrected chi connectivity index (χ4v) is 5.30. The number of hydrogen-bond donors (Lipinski definition) is 2. The first-order valence-corrected chi connectivity index (χ1v) is 13.7. The van der Waals surface area contributed by atoms with E-state index in [9.17, 15) is 27.2 Å². The number of fused-ring (bicyclic) bond motifs is 1. The van der Waals surface area contributed by atoms with Gasteiger partial charge in [-0.25, -0.2) is 12.8 Å². The van der Waals surface area contributed by atoms with Crippen LogP contribution in [0, 0.1) is 5.82 Å². The van der Waals surface area contributed by atoms with Gasteiger partial charge in [0.25, 0.3) is 5.56 Å². The van der Waals surface area contributed by atoms with Gasteiger partial charge in [0.2, 0.25) is 11.8 Å². The van der Waals surface area contributed by atoms with Crippen LogP contribution in [-0.2, 0) is 33.1 Å². The summed E-state index contributed by atoms with van der Waals surface area (Å²) in [6.45, 7) is -0.0419. The molecule has 2 aromatic heterocycles. The third kappa shape index (κ3) is 4.72. The number of benzene rings is 2. The Morgan fingerprint density at radius 2 is 1.87 bits per heavy atom. The van der Waals surface area contributed by atoms with E-state index in [1.54, 1.807) is 31.6 Å². The van der Waals surface area contributed by atoms with Crippen molar-refractivity contribution in [1.29, 1.82) is 0 Å². The Morgan fingerprint density at radius 1 is 1.08 bits per heavy atom. The minimum Gasteiger partial charge on any atom is -0.488 e. The molecule has 11 heteroatoms. The summed E-state index contributed by atoms with van der Waals surface area (Å²) in [5.74, 6) is -1.88. The van der Waals surface area contributed by atoms with E-state index in [1.165, 1.54) is 34.9 Å². The number of aromatic nitrogens is 2. The van der Waals surface area contributed by atoms with Crippen LogP contribution in [0.3, 0.4) is 0 Å². The summed E-state index contributed by atoms with van der Waals surface area (Å²) in [7, 11) is -1.94. The lowest BCUT2D eigenvalue weighted by Crippen LogP contribution is -2.39. The van der Waals surface area contributed by atoms with Gasteiger partial charge in [-0.2, -0.15) is 0 Å². The highest BCUT2D eigenvalue weighted by Gasteiger charge is 2.30. The molecule has 38 heavy (non-hydrogen) atoms. The molecule has 5 rings (SSSR count). The van der Waals surface area contributed by atoms with E-state index >= 15 is 0 Å². The van der Waals surface area contributed by atoms with Crippen LogP contribution in [0.2, 0.25) is 0 Å². The molecule has 1 fully saturated rings. The molecule has 3 heterocycles. The van der Waals surface area contributed by atoms with E-state index in [0.717, 1.165) is 6.26 Å². The number of carbonyl (C=O) groups is 2. The molecule has 1 aliphatic rings. The highest BCUT2D eigenvalue weighted by molar-refractivity contribution is 7.90. The molecule has 2 N–H and O–H groups in total. The molecular formula is C27H24FN3O6S. The van der Waals surface area contributed by atoms with Gasteiger partial charge in [-0.15, -0.1) is 0 Å². The molecule has 1 aliphatic heterocycles. The molecule has 196 valence electrons. The number of aromatic amines is 1. The first kappa shape index (κ1) is 25.4. The number of nitrogens with one attached hydrogen (secondary N) is 2. The summed E-state index contributed by atoms with van der Waals surface area (Å²) in [5, 5.41) is 2.84. The van der Waals surface area contributed by atoms with Gasteiger partial charge in [0.1, 0.15) is 23.7 Å². The molecule has 1 unspecified atom stereocenters. The van der Waals surface area contributed by atoms with Crippen molar-refractivity contribution in [3.05, 3.63) is 82.2 Å². The zero-order valence-electron chi connectivity index (χ0n) is 20.6. The van der Waals surface area contributed by atoms with Crippen molar-refractivity contribution in [2.45, 2.75) is 30.3 Å². The number of piperidine rings is 1. The predicted octanol–water partition coefficient (Wildman–Crippen LogP) is 3.18. The minimum absolute atomic E-state index is 0.0419. The number of halogens is 1. The standard InChI is InChI=1S/C27H24FN3O6S/c1-31-13-21(18-9-10-29-25(18)27(31)34)20-12-16(38(2,35)36)4-7-23(20)37-14-15-3-5-17(22(28)11-15)19-6-8-24(32)30-26(19)33/h3-5,7,9-13,19,29H,6,8,14H2,1-2H3,(H,30,32,33). The van der Waals surface area contributed by atoms with E-state index in [2.05, 4.69) is 10.3 Å². The molecule has 0 aliphatic carbocycles. The second-order valence-corrected chi connectivity index (χ2v) is 11.3. The van der Waals surface area contributed by atoms with Crippen molar-refractivity contribution in [2.24, 2.45) is 7.05 Å². The first-order chi connectivity index (χ1) is 18.0. The molecule has 0 radical (unpaired) electrons. The highest BCUT2D eigenvalue weighted by Crippen LogP contribution is 2.36. The number of aryl methyl sites for hydroxylation is 1. The van der Waals surface area contributed by atoms with Crippen LogP contribution in [0.15, 0.2) is 64.5 Å². The Bertz CT molecular complexity index is 1770. The maximum atomic E-state index is 15.0. The quantitative estimate of drug-likeness (QED) is 0.364. The van der Waals surface area contributed by atoms with Crippen LogP contribution in [-0.4, -0.2) is 36.0 Å². The van der Waals surface area contributed by atoms with Crippen molar-refractivity contribution >= 4 is 32.6 Å². The highest BCUT2D eigenvalue weighted by atomic mass is 32.2. The summed E-state index contributed by atoms with van der Waals surface area (Å²) in [6.07, 6.45) is 4.73. The summed E-state index contributed by atoms with van der Waals surface area (Å²) in [6, 6.07) is 10.6. The van der Waals surface area contributed by atoms with Crippen LogP contribution in [0.25, 0.3) is 22.0 Å². The normalized spacial score (nSPS) is 16.0. The zero-order valence-corrected chi connectivity index (χ0v) is 21.4. The van der Waals surface area contributed by atoms with Crippen LogP contribution >= 0.6 is 0 Å². The van der Waals surface area contributed by atoms with Gasteiger partial charge >= 0.3 is 0 Å². The summed E-state index contributed by atoms with van der Waals surface area (Å²) < 4.78 is 47.0. The minimum atomic E-state index is -3.54. The molecule has 0 saturated carbocycles. The van der Waals surface area contributed by atoms with E-state index < -0.39 is 27.5 Å². The summed E-state index contributed by atoms with van der Waals surface area (Å²) in [4.78, 5) is 39.1. The van der Waals surface area contributed by atoms with Gasteiger partial charge in [-0.3, -0.25) is 19.7 Å². The van der Waals surface area contributed by atoms with Crippen molar-refractivity contribution in [3.8, 4) is 16.9 Å². The third-order valence-electron chi connectivity index (χ3n) is 6.64. The Balaban J connectivity index is 1.49. The summed E-state index contributed by atoms with van der Waals surface area (Å²) in [5.41, 5.74) is 1.87. The van der Waals surface area contributed by atoms with Crippen LogP contribution in [0.4, 0.5) is 4.39 Å². The number of H-pyrrole nitrogens is 1. The average Bonchev–Trinajstić information content (AvgIpc) is 3.35. The number of nitrogens with zero attached hydrogens (tertiary/aromatic N) is 1. The second kappa shape index (κ2) is 9.56. The Labute approximate surface area is 217 Å². The number of ether oxygens (including phenoxy) is 1. The van der Waals surface area contributed by atoms with E-state index in [0.29, 0.717) is 33.3 Å². The molecule has 1 atom stereocenters. The maximum Gasteiger partial charge on any atom is 0.274 e. The average molecular weight is 538 g/mol. The lowest BCUT2D eigenvalue weighted by molar-refractivity contribution is -0.134. The van der Waals surface area contributed by atoms with Gasteiger partial charge in [0.15, 0.2) is 9.84 Å². The zero-order chi connectivity index (χ0) is 27.2. The van der Waals surface area contributed by atoms with Crippen molar-refractivity contribution in [1.82, 2.24) is 14.9 Å². The fraction of sp³-hybridized carbons (Fsp3) is 0.222. The Hall–Kier alpha value is -4.25. The molecular weight excluding hydrogens is 513 g/mol. The fourth-order valence-electron chi connectivity index (χ4n) is 4.65. The molecule has 2 amide bonds. The largest absolute Gasteiger partial charge is 0.488 e. The van der Waals surface area contributed by atoms with Crippen molar-refractivity contribution in [3.63, 3.8) is 0 Å². The topological polar surface area (TPSA) is 127 Å². The number of rotatable bonds is 6. The van der Waals surface area contributed by atoms with Gasteiger partial charge in [-0.05, 0) is 42.3 Å².